The maximum Gasteiger partial charge on any atom is 0.156 e. The minimum Gasteiger partial charge on any atom is -0.378 e. The number of allylic oxidation sites excluding steroid dienone is 4. The highest BCUT2D eigenvalue weighted by molar-refractivity contribution is 5.93. The predicted molar refractivity (Wildman–Crippen MR) is 146 cm³/mol. The summed E-state index contributed by atoms with van der Waals surface area (Å²) in [5.41, 5.74) is 6.20. The molecule has 5 aliphatic rings. The van der Waals surface area contributed by atoms with Gasteiger partial charge in [-0.2, -0.15) is 0 Å². The first kappa shape index (κ1) is 24.7. The number of ketones is 2. The Bertz CT molecular complexity index is 1240. The Kier molecular flexibility index (Phi) is 6.19. The van der Waals surface area contributed by atoms with Crippen LogP contribution in [0.4, 0.5) is 5.69 Å². The van der Waals surface area contributed by atoms with Crippen LogP contribution in [0.5, 0.6) is 0 Å². The van der Waals surface area contributed by atoms with E-state index in [0.717, 1.165) is 64.8 Å². The Morgan fingerprint density at radius 2 is 1.84 bits per heavy atom. The number of hydrogen-bond donors (Lipinski definition) is 0. The first-order valence-electron chi connectivity index (χ1n) is 14.2. The van der Waals surface area contributed by atoms with Crippen LogP contribution in [0.3, 0.4) is 0 Å². The third kappa shape index (κ3) is 3.76. The summed E-state index contributed by atoms with van der Waals surface area (Å²) in [5, 5.41) is 0. The zero-order valence-electron chi connectivity index (χ0n) is 22.6. The normalized spacial score (nSPS) is 35.1. The molecule has 6 rings (SSSR count). The number of rotatable bonds is 3. The molecule has 1 unspecified atom stereocenters. The van der Waals surface area contributed by atoms with Gasteiger partial charge in [0.05, 0.1) is 18.6 Å². The van der Waals surface area contributed by atoms with E-state index in [-0.39, 0.29) is 22.9 Å². The first-order chi connectivity index (χ1) is 17.9. The second kappa shape index (κ2) is 9.28. The Labute approximate surface area is 221 Å². The highest BCUT2D eigenvalue weighted by Crippen LogP contribution is 2.69. The summed E-state index contributed by atoms with van der Waals surface area (Å²) in [5.74, 6) is 8.35. The van der Waals surface area contributed by atoms with Crippen molar-refractivity contribution in [3.8, 4) is 11.8 Å². The quantitative estimate of drug-likeness (QED) is 0.479. The second-order valence-corrected chi connectivity index (χ2v) is 12.1. The van der Waals surface area contributed by atoms with Gasteiger partial charge in [-0.1, -0.05) is 30.6 Å². The fraction of sp³-hybridized carbons (Fsp3) is 0.576. The summed E-state index contributed by atoms with van der Waals surface area (Å²) in [6.07, 6.45) is 8.36. The van der Waals surface area contributed by atoms with Gasteiger partial charge in [0.1, 0.15) is 5.78 Å². The van der Waals surface area contributed by atoms with Crippen LogP contribution >= 0.6 is 0 Å². The van der Waals surface area contributed by atoms with Crippen molar-refractivity contribution in [2.75, 3.05) is 31.2 Å². The minimum absolute atomic E-state index is 0.157. The van der Waals surface area contributed by atoms with Crippen LogP contribution in [0, 0.1) is 34.5 Å². The number of hydrogen-bond acceptors (Lipinski definition) is 4. The third-order valence-corrected chi connectivity index (χ3v) is 10.5. The molecule has 1 aromatic rings. The average molecular weight is 498 g/mol. The number of benzene rings is 1. The van der Waals surface area contributed by atoms with Crippen LogP contribution in [0.15, 0.2) is 47.1 Å². The molecular formula is C33H39NO3. The van der Waals surface area contributed by atoms with Crippen molar-refractivity contribution in [1.29, 1.82) is 0 Å². The lowest BCUT2D eigenvalue weighted by Crippen LogP contribution is -2.50. The van der Waals surface area contributed by atoms with E-state index in [1.54, 1.807) is 12.5 Å². The number of morpholine rings is 1. The first-order valence-corrected chi connectivity index (χ1v) is 14.2. The summed E-state index contributed by atoms with van der Waals surface area (Å²) in [6.45, 7) is 9.45. The van der Waals surface area contributed by atoms with Crippen molar-refractivity contribution in [3.05, 3.63) is 52.6 Å². The number of fused-ring (bicyclic) bond motifs is 4. The van der Waals surface area contributed by atoms with Gasteiger partial charge >= 0.3 is 0 Å². The van der Waals surface area contributed by atoms with E-state index in [4.69, 9.17) is 4.74 Å². The van der Waals surface area contributed by atoms with Crippen LogP contribution in [-0.4, -0.2) is 37.9 Å². The van der Waals surface area contributed by atoms with Crippen molar-refractivity contribution >= 4 is 17.3 Å². The Morgan fingerprint density at radius 3 is 2.54 bits per heavy atom. The van der Waals surface area contributed by atoms with Crippen molar-refractivity contribution < 1.29 is 14.3 Å². The molecule has 0 aromatic heterocycles. The fourth-order valence-electron chi connectivity index (χ4n) is 8.81. The molecule has 1 saturated heterocycles. The number of nitrogens with zero attached hydrogens (tertiary/aromatic N) is 1. The van der Waals surface area contributed by atoms with E-state index in [0.29, 0.717) is 18.3 Å². The van der Waals surface area contributed by atoms with Gasteiger partial charge in [0.15, 0.2) is 5.78 Å². The lowest BCUT2D eigenvalue weighted by Gasteiger charge is -2.54. The van der Waals surface area contributed by atoms with Gasteiger partial charge in [-0.05, 0) is 105 Å². The molecule has 194 valence electrons. The molecule has 4 nitrogen and oxygen atoms in total. The van der Waals surface area contributed by atoms with Crippen LogP contribution in [0.1, 0.15) is 77.2 Å². The highest BCUT2D eigenvalue weighted by atomic mass is 16.5. The van der Waals surface area contributed by atoms with Crippen LogP contribution in [0.2, 0.25) is 0 Å². The maximum absolute atomic E-state index is 13.3. The van der Waals surface area contributed by atoms with Crippen LogP contribution < -0.4 is 4.90 Å². The SMILES string of the molecule is CC#C[C@]1(C(C)=O)CC[C@H]2[C@@H]3CCC4=CC(=O)CCC4=C3C(c3ccc(N4CCOCC4)cc3)C[C@@]21C. The zero-order chi connectivity index (χ0) is 25.8. The molecule has 0 bridgehead atoms. The zero-order valence-corrected chi connectivity index (χ0v) is 22.6. The van der Waals surface area contributed by atoms with Crippen molar-refractivity contribution in [1.82, 2.24) is 0 Å². The molecule has 1 aliphatic heterocycles. The molecule has 37 heavy (non-hydrogen) atoms. The molecule has 0 radical (unpaired) electrons. The number of carbonyl (C=O) groups excluding carboxylic acids is 2. The number of anilines is 1. The summed E-state index contributed by atoms with van der Waals surface area (Å²) >= 11 is 0. The van der Waals surface area contributed by atoms with Gasteiger partial charge in [-0.15, -0.1) is 5.92 Å². The molecule has 1 aromatic carbocycles. The molecule has 5 atom stereocenters. The number of Topliss-reactive ketones (excluding diaryl/α,β-unsaturated/α-hetero) is 1. The van der Waals surface area contributed by atoms with Crippen molar-refractivity contribution in [3.63, 3.8) is 0 Å². The lowest BCUT2D eigenvalue weighted by atomic mass is 9.48. The topological polar surface area (TPSA) is 46.6 Å². The van der Waals surface area contributed by atoms with Crippen LogP contribution in [-0.2, 0) is 14.3 Å². The lowest BCUT2D eigenvalue weighted by molar-refractivity contribution is -0.130. The Balaban J connectivity index is 1.47. The highest BCUT2D eigenvalue weighted by Gasteiger charge is 2.64. The van der Waals surface area contributed by atoms with Crippen molar-refractivity contribution in [2.24, 2.45) is 22.7 Å². The summed E-state index contributed by atoms with van der Waals surface area (Å²) in [6, 6.07) is 9.20. The average Bonchev–Trinajstić information content (AvgIpc) is 3.21. The van der Waals surface area contributed by atoms with E-state index in [9.17, 15) is 9.59 Å². The van der Waals surface area contributed by atoms with Gasteiger partial charge in [0.2, 0.25) is 0 Å². The molecule has 1 heterocycles. The Hall–Kier alpha value is -2.64. The molecular weight excluding hydrogens is 458 g/mol. The molecule has 2 saturated carbocycles. The molecule has 4 aliphatic carbocycles. The second-order valence-electron chi connectivity index (χ2n) is 12.1. The Morgan fingerprint density at radius 1 is 1.08 bits per heavy atom. The van der Waals surface area contributed by atoms with E-state index < -0.39 is 5.41 Å². The minimum atomic E-state index is -0.562. The third-order valence-electron chi connectivity index (χ3n) is 10.5. The number of ether oxygens (including phenoxy) is 1. The number of carbonyl (C=O) groups is 2. The van der Waals surface area contributed by atoms with E-state index in [2.05, 4.69) is 47.9 Å². The van der Waals surface area contributed by atoms with E-state index in [1.165, 1.54) is 22.4 Å². The van der Waals surface area contributed by atoms with Gasteiger partial charge < -0.3 is 9.64 Å². The molecule has 0 spiro atoms. The van der Waals surface area contributed by atoms with Gasteiger partial charge in [0, 0.05) is 31.1 Å². The monoisotopic (exact) mass is 497 g/mol. The van der Waals surface area contributed by atoms with Gasteiger partial charge in [-0.25, -0.2) is 0 Å². The molecule has 0 amide bonds. The van der Waals surface area contributed by atoms with Gasteiger partial charge in [-0.3, -0.25) is 9.59 Å². The fourth-order valence-corrected chi connectivity index (χ4v) is 8.81. The van der Waals surface area contributed by atoms with Gasteiger partial charge in [0.25, 0.3) is 0 Å². The maximum atomic E-state index is 13.3. The van der Waals surface area contributed by atoms with Crippen LogP contribution in [0.25, 0.3) is 0 Å². The molecule has 0 N–H and O–H groups in total. The standard InChI is InChI=1S/C33H39NO3/c1-4-14-33(22(2)35)15-13-30-28-11-7-24-20-26(36)10-12-27(24)31(28)29(21-32(30,33)3)23-5-8-25(9-6-23)34-16-18-37-19-17-34/h5-6,8-9,20,28-30H,7,10-13,15-19,21H2,1-3H3/t28-,29?,30-,32-,33+/m0/s1. The summed E-state index contributed by atoms with van der Waals surface area (Å²) in [4.78, 5) is 28.0. The summed E-state index contributed by atoms with van der Waals surface area (Å²) < 4.78 is 5.55. The predicted octanol–water partition coefficient (Wildman–Crippen LogP) is 6.02. The smallest absolute Gasteiger partial charge is 0.156 e. The van der Waals surface area contributed by atoms with E-state index in [1.807, 2.05) is 13.0 Å². The largest absolute Gasteiger partial charge is 0.378 e. The molecule has 3 fully saturated rings. The van der Waals surface area contributed by atoms with Crippen molar-refractivity contribution in [2.45, 2.75) is 71.6 Å². The van der Waals surface area contributed by atoms with E-state index >= 15 is 0 Å². The molecule has 4 heteroatoms. The summed E-state index contributed by atoms with van der Waals surface area (Å²) in [7, 11) is 0.